The topological polar surface area (TPSA) is 394 Å². The summed E-state index contributed by atoms with van der Waals surface area (Å²) in [5.41, 5.74) is 6.52. The number of nitrogens with two attached hydrogens (primary N) is 2. The number of phenolic OH excluding ortho intramolecular Hbond substituents is 1. The van der Waals surface area contributed by atoms with E-state index in [1.807, 2.05) is 0 Å². The molecular weight excluding hydrogens is 765 g/mol. The van der Waals surface area contributed by atoms with Gasteiger partial charge in [0.25, 0.3) is 50.6 Å². The van der Waals surface area contributed by atoms with E-state index in [0.29, 0.717) is 30.3 Å². The van der Waals surface area contributed by atoms with Crippen molar-refractivity contribution in [2.75, 3.05) is 11.5 Å². The highest BCUT2D eigenvalue weighted by Crippen LogP contribution is 2.48. The Bertz CT molecular complexity index is 2710. The standard InChI is InChI=1S/C22H18N6O16S5/c23-10-1-3-14(46(33,34)35)12(7-10)25-28-21-17(49(42,43)44)6-9-5-16(48(39,40)41)20(19(24)18(9)22(21)29)27-26-13-8-11(45(30,31)32)2-4-15(13)47(36,37)38/h1-8,29H,23-24H2,(H,30,31,32)(H,33,34,35)(H,36,37,38)(H,39,40,41)(H,42,43,44). The Hall–Kier alpha value is -4.71. The molecule has 4 aromatic carbocycles. The van der Waals surface area contributed by atoms with Gasteiger partial charge >= 0.3 is 0 Å². The van der Waals surface area contributed by atoms with Crippen LogP contribution in [0.1, 0.15) is 0 Å². The summed E-state index contributed by atoms with van der Waals surface area (Å²) in [6, 6.07) is 5.06. The van der Waals surface area contributed by atoms with Crippen LogP contribution in [0.15, 0.2) is 93.5 Å². The highest BCUT2D eigenvalue weighted by molar-refractivity contribution is 7.87. The van der Waals surface area contributed by atoms with Crippen molar-refractivity contribution in [2.24, 2.45) is 20.5 Å². The Morgan fingerprint density at radius 3 is 1.39 bits per heavy atom. The van der Waals surface area contributed by atoms with Gasteiger partial charge in [0.2, 0.25) is 0 Å². The van der Waals surface area contributed by atoms with E-state index in [2.05, 4.69) is 20.5 Å². The van der Waals surface area contributed by atoms with E-state index in [1.54, 1.807) is 0 Å². The quantitative estimate of drug-likeness (QED) is 0.0687. The normalized spacial score (nSPS) is 13.5. The number of benzene rings is 4. The number of anilines is 2. The van der Waals surface area contributed by atoms with Crippen molar-refractivity contribution in [3.63, 3.8) is 0 Å². The van der Waals surface area contributed by atoms with E-state index >= 15 is 0 Å². The monoisotopic (exact) mass is 782 g/mol. The average Bonchev–Trinajstić information content (AvgIpc) is 2.92. The number of hydrogen-bond donors (Lipinski definition) is 8. The molecule has 0 aliphatic heterocycles. The fraction of sp³-hybridized carbons (Fsp3) is 0. The first kappa shape index (κ1) is 37.1. The number of azo groups is 2. The van der Waals surface area contributed by atoms with Crippen molar-refractivity contribution >= 4 is 95.5 Å². The van der Waals surface area contributed by atoms with E-state index in [0.717, 1.165) is 18.2 Å². The summed E-state index contributed by atoms with van der Waals surface area (Å²) in [5, 5.41) is 23.5. The van der Waals surface area contributed by atoms with E-state index < -0.39 is 120 Å². The van der Waals surface area contributed by atoms with E-state index in [1.165, 1.54) is 0 Å². The second kappa shape index (κ2) is 12.3. The van der Waals surface area contributed by atoms with E-state index in [9.17, 15) is 70.0 Å². The van der Waals surface area contributed by atoms with Crippen LogP contribution >= 0.6 is 0 Å². The molecule has 0 fully saturated rings. The third kappa shape index (κ3) is 7.80. The molecule has 0 aromatic heterocycles. The third-order valence-electron chi connectivity index (χ3n) is 6.15. The Morgan fingerprint density at radius 1 is 0.490 bits per heavy atom. The fourth-order valence-electron chi connectivity index (χ4n) is 4.10. The summed E-state index contributed by atoms with van der Waals surface area (Å²) < 4.78 is 168. The lowest BCUT2D eigenvalue weighted by atomic mass is 10.1. The largest absolute Gasteiger partial charge is 0.505 e. The zero-order chi connectivity index (χ0) is 37.1. The molecule has 262 valence electrons. The molecule has 0 bridgehead atoms. The number of phenols is 1. The van der Waals surface area contributed by atoms with Crippen molar-refractivity contribution in [1.82, 2.24) is 0 Å². The van der Waals surface area contributed by atoms with Gasteiger partial charge in [-0.2, -0.15) is 42.1 Å². The molecule has 0 atom stereocenters. The molecule has 0 saturated heterocycles. The lowest BCUT2D eigenvalue weighted by molar-refractivity contribution is 0.472. The Labute approximate surface area is 275 Å². The predicted octanol–water partition coefficient (Wildman–Crippen LogP) is 2.77. The molecule has 4 aromatic rings. The zero-order valence-electron chi connectivity index (χ0n) is 23.4. The number of fused-ring (bicyclic) bond motifs is 1. The molecule has 0 aliphatic carbocycles. The minimum absolute atomic E-state index is 0.129. The van der Waals surface area contributed by atoms with Gasteiger partial charge in [-0.1, -0.05) is 0 Å². The first-order chi connectivity index (χ1) is 22.2. The minimum Gasteiger partial charge on any atom is -0.505 e. The van der Waals surface area contributed by atoms with Crippen LogP contribution in [0.2, 0.25) is 0 Å². The van der Waals surface area contributed by atoms with Crippen LogP contribution in [0.3, 0.4) is 0 Å². The summed E-state index contributed by atoms with van der Waals surface area (Å²) in [6.45, 7) is 0. The number of aromatic hydroxyl groups is 1. The van der Waals surface area contributed by atoms with Crippen molar-refractivity contribution in [3.05, 3.63) is 48.5 Å². The molecular formula is C22H18N6O16S5. The molecule has 27 heteroatoms. The molecule has 0 saturated carbocycles. The molecule has 0 unspecified atom stereocenters. The maximum absolute atomic E-state index is 12.3. The molecule has 0 aliphatic rings. The van der Waals surface area contributed by atoms with Crippen LogP contribution in [-0.2, 0) is 50.6 Å². The average molecular weight is 783 g/mol. The van der Waals surface area contributed by atoms with Gasteiger partial charge in [0.05, 0.1) is 16.0 Å². The summed E-state index contributed by atoms with van der Waals surface area (Å²) in [6.07, 6.45) is 0. The fourth-order valence-corrected chi connectivity index (χ4v) is 7.13. The Balaban J connectivity index is 2.11. The maximum atomic E-state index is 12.3. The SMILES string of the molecule is Nc1ccc(S(=O)(=O)O)c(N=Nc2c(S(=O)(=O)O)cc3cc(S(=O)(=O)O)c(N=Nc4cc(S(=O)(=O)O)ccc4S(=O)(=O)O)c(N)c3c2O)c1. The van der Waals surface area contributed by atoms with Crippen LogP contribution in [0, 0.1) is 0 Å². The lowest BCUT2D eigenvalue weighted by Gasteiger charge is -2.14. The minimum atomic E-state index is -5.43. The van der Waals surface area contributed by atoms with Gasteiger partial charge < -0.3 is 16.6 Å². The Morgan fingerprint density at radius 2 is 0.918 bits per heavy atom. The van der Waals surface area contributed by atoms with Crippen molar-refractivity contribution < 1.29 is 70.0 Å². The lowest BCUT2D eigenvalue weighted by Crippen LogP contribution is -2.04. The first-order valence-electron chi connectivity index (χ1n) is 12.1. The van der Waals surface area contributed by atoms with Crippen LogP contribution in [-0.4, -0.2) is 70.0 Å². The smallest absolute Gasteiger partial charge is 0.296 e. The van der Waals surface area contributed by atoms with Crippen LogP contribution in [0.25, 0.3) is 10.8 Å². The summed E-state index contributed by atoms with van der Waals surface area (Å²) >= 11 is 0. The van der Waals surface area contributed by atoms with E-state index in [4.69, 9.17) is 11.5 Å². The van der Waals surface area contributed by atoms with Crippen LogP contribution in [0.5, 0.6) is 5.75 Å². The van der Waals surface area contributed by atoms with Crippen LogP contribution < -0.4 is 11.5 Å². The van der Waals surface area contributed by atoms with Crippen LogP contribution in [0.4, 0.5) is 34.1 Å². The maximum Gasteiger partial charge on any atom is 0.296 e. The number of hydrogen-bond acceptors (Lipinski definition) is 17. The van der Waals surface area contributed by atoms with E-state index in [-0.39, 0.29) is 5.69 Å². The molecule has 0 radical (unpaired) electrons. The second-order valence-corrected chi connectivity index (χ2v) is 16.4. The van der Waals surface area contributed by atoms with Crippen molar-refractivity contribution in [3.8, 4) is 5.75 Å². The summed E-state index contributed by atoms with van der Waals surface area (Å²) in [4.78, 5) is -5.55. The molecule has 0 spiro atoms. The van der Waals surface area contributed by atoms with Gasteiger partial charge in [-0.15, -0.1) is 20.5 Å². The zero-order valence-corrected chi connectivity index (χ0v) is 27.5. The number of nitrogens with zero attached hydrogens (tertiary/aromatic N) is 4. The van der Waals surface area contributed by atoms with Gasteiger partial charge in [0.1, 0.15) is 42.3 Å². The van der Waals surface area contributed by atoms with Gasteiger partial charge in [-0.3, -0.25) is 22.8 Å². The molecule has 0 heterocycles. The molecule has 49 heavy (non-hydrogen) atoms. The molecule has 0 amide bonds. The molecule has 22 nitrogen and oxygen atoms in total. The molecule has 10 N–H and O–H groups in total. The van der Waals surface area contributed by atoms with Gasteiger partial charge in [0.15, 0.2) is 5.75 Å². The Kier molecular flexibility index (Phi) is 9.33. The predicted molar refractivity (Wildman–Crippen MR) is 165 cm³/mol. The molecule has 4 rings (SSSR count). The summed E-state index contributed by atoms with van der Waals surface area (Å²) in [5.74, 6) is -1.31. The van der Waals surface area contributed by atoms with Gasteiger partial charge in [-0.25, -0.2) is 0 Å². The van der Waals surface area contributed by atoms with Crippen molar-refractivity contribution in [2.45, 2.75) is 24.5 Å². The number of nitrogen functional groups attached to an aromatic ring is 2. The third-order valence-corrected chi connectivity index (χ3v) is 10.5. The summed E-state index contributed by atoms with van der Waals surface area (Å²) in [7, 11) is -26.0. The van der Waals surface area contributed by atoms with Crippen molar-refractivity contribution in [1.29, 1.82) is 0 Å². The first-order valence-corrected chi connectivity index (χ1v) is 19.3. The van der Waals surface area contributed by atoms with Gasteiger partial charge in [0, 0.05) is 5.69 Å². The highest BCUT2D eigenvalue weighted by atomic mass is 32.2. The second-order valence-electron chi connectivity index (χ2n) is 9.44. The highest BCUT2D eigenvalue weighted by Gasteiger charge is 2.29. The number of rotatable bonds is 9. The van der Waals surface area contributed by atoms with Gasteiger partial charge in [-0.05, 0) is 53.9 Å².